The number of halogens is 1. The van der Waals surface area contributed by atoms with Gasteiger partial charge in [-0.15, -0.1) is 0 Å². The number of phenols is 1. The largest absolute Gasteiger partial charge is 0.508 e. The lowest BCUT2D eigenvalue weighted by Gasteiger charge is -2.33. The third kappa shape index (κ3) is 3.45. The van der Waals surface area contributed by atoms with Gasteiger partial charge in [0.15, 0.2) is 0 Å². The van der Waals surface area contributed by atoms with Crippen LogP contribution in [0.25, 0.3) is 0 Å². The Kier molecular flexibility index (Phi) is 4.77. The minimum atomic E-state index is -0.392. The van der Waals surface area contributed by atoms with Crippen molar-refractivity contribution in [2.45, 2.75) is 44.7 Å². The summed E-state index contributed by atoms with van der Waals surface area (Å²) < 4.78 is 13.8. The summed E-state index contributed by atoms with van der Waals surface area (Å²) in [5.74, 6) is -0.188. The number of benzene rings is 1. The normalized spacial score (nSPS) is 25.2. The molecule has 1 aromatic rings. The van der Waals surface area contributed by atoms with Gasteiger partial charge in [0.25, 0.3) is 0 Å². The maximum absolute atomic E-state index is 13.8. The Labute approximate surface area is 113 Å². The van der Waals surface area contributed by atoms with Crippen molar-refractivity contribution in [2.75, 3.05) is 6.61 Å². The van der Waals surface area contributed by atoms with E-state index in [4.69, 9.17) is 0 Å². The predicted molar refractivity (Wildman–Crippen MR) is 72.4 cm³/mol. The molecule has 3 N–H and O–H groups in total. The van der Waals surface area contributed by atoms with Gasteiger partial charge in [-0.25, -0.2) is 4.39 Å². The van der Waals surface area contributed by atoms with Crippen LogP contribution in [0.2, 0.25) is 0 Å². The van der Waals surface area contributed by atoms with Crippen molar-refractivity contribution in [1.82, 2.24) is 5.32 Å². The third-order valence-electron chi connectivity index (χ3n) is 4.06. The van der Waals surface area contributed by atoms with Crippen LogP contribution in [0.4, 0.5) is 4.39 Å². The quantitative estimate of drug-likeness (QED) is 0.786. The van der Waals surface area contributed by atoms with Crippen LogP contribution in [0.15, 0.2) is 18.2 Å². The summed E-state index contributed by atoms with van der Waals surface area (Å²) in [6.45, 7) is 2.10. The van der Waals surface area contributed by atoms with E-state index in [0.717, 1.165) is 31.7 Å². The highest BCUT2D eigenvalue weighted by atomic mass is 19.1. The van der Waals surface area contributed by atoms with E-state index in [9.17, 15) is 14.6 Å². The first-order valence-corrected chi connectivity index (χ1v) is 6.97. The van der Waals surface area contributed by atoms with Crippen LogP contribution in [0, 0.1) is 11.7 Å². The highest BCUT2D eigenvalue weighted by Gasteiger charge is 2.26. The Morgan fingerprint density at radius 3 is 2.79 bits per heavy atom. The lowest BCUT2D eigenvalue weighted by atomic mass is 9.84. The number of aromatic hydroxyl groups is 1. The molecule has 0 heterocycles. The summed E-state index contributed by atoms with van der Waals surface area (Å²) in [4.78, 5) is 0. The maximum Gasteiger partial charge on any atom is 0.131 e. The summed E-state index contributed by atoms with van der Waals surface area (Å²) in [6.07, 6.45) is 4.36. The molecule has 3 nitrogen and oxygen atoms in total. The molecule has 0 aliphatic heterocycles. The van der Waals surface area contributed by atoms with Gasteiger partial charge in [-0.3, -0.25) is 0 Å². The molecule has 0 radical (unpaired) electrons. The minimum absolute atomic E-state index is 0.0562. The predicted octanol–water partition coefficient (Wildman–Crippen LogP) is 2.73. The Hall–Kier alpha value is -1.13. The molecule has 2 rings (SSSR count). The van der Waals surface area contributed by atoms with E-state index in [0.29, 0.717) is 5.56 Å². The molecule has 3 unspecified atom stereocenters. The highest BCUT2D eigenvalue weighted by Crippen LogP contribution is 2.27. The van der Waals surface area contributed by atoms with E-state index < -0.39 is 5.82 Å². The third-order valence-corrected chi connectivity index (χ3v) is 4.06. The molecule has 1 fully saturated rings. The molecule has 0 bridgehead atoms. The smallest absolute Gasteiger partial charge is 0.131 e. The lowest BCUT2D eigenvalue weighted by molar-refractivity contribution is 0.147. The number of aliphatic hydroxyl groups excluding tert-OH is 1. The van der Waals surface area contributed by atoms with E-state index >= 15 is 0 Å². The van der Waals surface area contributed by atoms with Crippen molar-refractivity contribution in [1.29, 1.82) is 0 Å². The van der Waals surface area contributed by atoms with E-state index in [1.807, 2.05) is 6.92 Å². The second kappa shape index (κ2) is 6.35. The summed E-state index contributed by atoms with van der Waals surface area (Å²) in [6, 6.07) is 4.36. The zero-order valence-electron chi connectivity index (χ0n) is 11.3. The molecule has 106 valence electrons. The van der Waals surface area contributed by atoms with Crippen molar-refractivity contribution in [3.05, 3.63) is 29.6 Å². The average Bonchev–Trinajstić information content (AvgIpc) is 2.39. The zero-order valence-corrected chi connectivity index (χ0v) is 11.3. The van der Waals surface area contributed by atoms with Gasteiger partial charge in [-0.2, -0.15) is 0 Å². The van der Waals surface area contributed by atoms with Gasteiger partial charge in [-0.1, -0.05) is 18.9 Å². The van der Waals surface area contributed by atoms with Gasteiger partial charge in [0.2, 0.25) is 0 Å². The molecule has 1 aliphatic rings. The number of nitrogens with one attached hydrogen (secondary N) is 1. The second-order valence-corrected chi connectivity index (χ2v) is 5.43. The summed E-state index contributed by atoms with van der Waals surface area (Å²) in [7, 11) is 0. The van der Waals surface area contributed by atoms with Crippen LogP contribution in [0.1, 0.15) is 44.2 Å². The van der Waals surface area contributed by atoms with Crippen LogP contribution >= 0.6 is 0 Å². The van der Waals surface area contributed by atoms with Crippen molar-refractivity contribution in [3.63, 3.8) is 0 Å². The second-order valence-electron chi connectivity index (χ2n) is 5.43. The van der Waals surface area contributed by atoms with Crippen LogP contribution in [0.5, 0.6) is 5.75 Å². The maximum atomic E-state index is 13.8. The Balaban J connectivity index is 2.05. The van der Waals surface area contributed by atoms with Crippen molar-refractivity contribution >= 4 is 0 Å². The van der Waals surface area contributed by atoms with E-state index in [-0.39, 0.29) is 30.4 Å². The molecule has 19 heavy (non-hydrogen) atoms. The number of hydrogen-bond donors (Lipinski definition) is 3. The topological polar surface area (TPSA) is 52.5 Å². The first-order chi connectivity index (χ1) is 9.11. The fraction of sp³-hybridized carbons (Fsp3) is 0.600. The monoisotopic (exact) mass is 267 g/mol. The summed E-state index contributed by atoms with van der Waals surface area (Å²) in [5, 5.41) is 22.0. The number of aliphatic hydroxyl groups is 1. The number of hydrogen-bond acceptors (Lipinski definition) is 3. The molecule has 0 spiro atoms. The lowest BCUT2D eigenvalue weighted by Crippen LogP contribution is -2.41. The summed E-state index contributed by atoms with van der Waals surface area (Å²) in [5.41, 5.74) is 0.556. The van der Waals surface area contributed by atoms with Gasteiger partial charge in [0.05, 0.1) is 0 Å². The number of rotatable bonds is 4. The van der Waals surface area contributed by atoms with Crippen molar-refractivity contribution in [3.8, 4) is 5.75 Å². The first-order valence-electron chi connectivity index (χ1n) is 6.97. The van der Waals surface area contributed by atoms with Crippen molar-refractivity contribution < 1.29 is 14.6 Å². The van der Waals surface area contributed by atoms with Gasteiger partial charge in [0, 0.05) is 30.3 Å². The molecule has 0 aromatic heterocycles. The average molecular weight is 267 g/mol. The molecule has 4 heteroatoms. The Morgan fingerprint density at radius 1 is 1.37 bits per heavy atom. The van der Waals surface area contributed by atoms with Gasteiger partial charge in [0.1, 0.15) is 11.6 Å². The van der Waals surface area contributed by atoms with Gasteiger partial charge in [-0.05, 0) is 31.7 Å². The van der Waals surface area contributed by atoms with Gasteiger partial charge < -0.3 is 15.5 Å². The molecular formula is C15H22FNO2. The van der Waals surface area contributed by atoms with Crippen molar-refractivity contribution in [2.24, 2.45) is 5.92 Å². The molecule has 1 aliphatic carbocycles. The Bertz CT molecular complexity index is 425. The molecule has 0 amide bonds. The molecule has 3 atom stereocenters. The SMILES string of the molecule is CC(NC1CCCCC1CO)c1ccc(O)cc1F. The number of phenolic OH excluding ortho intramolecular Hbond substituents is 1. The van der Waals surface area contributed by atoms with Crippen LogP contribution in [0.3, 0.4) is 0 Å². The molecular weight excluding hydrogens is 245 g/mol. The zero-order chi connectivity index (χ0) is 13.8. The Morgan fingerprint density at radius 2 is 2.11 bits per heavy atom. The van der Waals surface area contributed by atoms with Crippen LogP contribution in [-0.4, -0.2) is 22.9 Å². The van der Waals surface area contributed by atoms with E-state index in [1.165, 1.54) is 6.07 Å². The molecule has 0 saturated heterocycles. The van der Waals surface area contributed by atoms with E-state index in [2.05, 4.69) is 5.32 Å². The molecule has 1 saturated carbocycles. The standard InChI is InChI=1S/C15H22FNO2/c1-10(13-7-6-12(19)8-14(13)16)17-15-5-3-2-4-11(15)9-18/h6-8,10-11,15,17-19H,2-5,9H2,1H3. The first kappa shape index (κ1) is 14.3. The minimum Gasteiger partial charge on any atom is -0.508 e. The summed E-state index contributed by atoms with van der Waals surface area (Å²) >= 11 is 0. The fourth-order valence-electron chi connectivity index (χ4n) is 2.92. The highest BCUT2D eigenvalue weighted by molar-refractivity contribution is 5.29. The molecule has 1 aromatic carbocycles. The van der Waals surface area contributed by atoms with Gasteiger partial charge >= 0.3 is 0 Å². The van der Waals surface area contributed by atoms with Crippen LogP contribution < -0.4 is 5.32 Å². The van der Waals surface area contributed by atoms with E-state index in [1.54, 1.807) is 6.07 Å². The fourth-order valence-corrected chi connectivity index (χ4v) is 2.92. The van der Waals surface area contributed by atoms with Crippen LogP contribution in [-0.2, 0) is 0 Å².